The first-order valence-electron chi connectivity index (χ1n) is 8.50. The van der Waals surface area contributed by atoms with Crippen molar-refractivity contribution in [2.45, 2.75) is 36.6 Å². The van der Waals surface area contributed by atoms with Crippen molar-refractivity contribution >= 4 is 35.2 Å². The smallest absolute Gasteiger partial charge is 0.256 e. The minimum Gasteiger partial charge on any atom is -0.350 e. The number of hydrogen-bond acceptors (Lipinski definition) is 3. The number of nitrogens with zero attached hydrogens (tertiary/aromatic N) is 1. The van der Waals surface area contributed by atoms with Crippen LogP contribution in [-0.2, 0) is 11.3 Å². The Morgan fingerprint density at radius 1 is 1.19 bits per heavy atom. The van der Waals surface area contributed by atoms with Crippen molar-refractivity contribution in [3.05, 3.63) is 70.2 Å². The van der Waals surface area contributed by atoms with Crippen molar-refractivity contribution in [3.8, 4) is 0 Å². The molecule has 6 heteroatoms. The molecule has 2 heterocycles. The Labute approximate surface area is 161 Å². The normalized spacial score (nSPS) is 22.9. The molecule has 0 saturated carbocycles. The molecule has 2 atom stereocenters. The lowest BCUT2D eigenvalue weighted by Gasteiger charge is -2.29. The van der Waals surface area contributed by atoms with Crippen LogP contribution in [0.5, 0.6) is 0 Å². The summed E-state index contributed by atoms with van der Waals surface area (Å²) in [5, 5.41) is 3.55. The predicted octanol–water partition coefficient (Wildman–Crippen LogP) is 4.00. The second-order valence-electron chi connectivity index (χ2n) is 7.12. The van der Waals surface area contributed by atoms with E-state index in [1.165, 1.54) is 0 Å². The van der Waals surface area contributed by atoms with Crippen LogP contribution in [0.15, 0.2) is 48.5 Å². The fourth-order valence-corrected chi connectivity index (χ4v) is 5.41. The summed E-state index contributed by atoms with van der Waals surface area (Å²) >= 11 is 7.57. The first-order chi connectivity index (χ1) is 12.4. The summed E-state index contributed by atoms with van der Waals surface area (Å²) in [6, 6.07) is 14.5. The highest BCUT2D eigenvalue weighted by Crippen LogP contribution is 2.56. The third-order valence-corrected chi connectivity index (χ3v) is 6.71. The zero-order chi connectivity index (χ0) is 18.5. The van der Waals surface area contributed by atoms with Crippen LogP contribution in [0.4, 0.5) is 0 Å². The molecule has 4 rings (SSSR count). The van der Waals surface area contributed by atoms with E-state index in [0.29, 0.717) is 17.1 Å². The van der Waals surface area contributed by atoms with Gasteiger partial charge in [-0.05, 0) is 43.2 Å². The standard InChI is InChI=1S/C20H19ClN2O2S/c1-20(2)16(17(24)22-11-12-7-9-13(21)10-8-12)23-18(25)14-5-3-4-6-15(14)19(23)26-20/h3-10,16,19H,11H2,1-2H3,(H,22,24)/t16-,19+/m1/s1. The molecule has 0 radical (unpaired) electrons. The van der Waals surface area contributed by atoms with Crippen molar-refractivity contribution in [2.24, 2.45) is 0 Å². The maximum Gasteiger partial charge on any atom is 0.256 e. The highest BCUT2D eigenvalue weighted by Gasteiger charge is 2.57. The number of amides is 2. The van der Waals surface area contributed by atoms with Crippen LogP contribution >= 0.6 is 23.4 Å². The molecular formula is C20H19ClN2O2S. The molecule has 1 N–H and O–H groups in total. The number of halogens is 1. The molecule has 2 amide bonds. The van der Waals surface area contributed by atoms with E-state index >= 15 is 0 Å². The van der Waals surface area contributed by atoms with E-state index in [0.717, 1.165) is 11.1 Å². The molecule has 4 nitrogen and oxygen atoms in total. The van der Waals surface area contributed by atoms with Crippen molar-refractivity contribution in [1.29, 1.82) is 0 Å². The van der Waals surface area contributed by atoms with Gasteiger partial charge in [0.1, 0.15) is 11.4 Å². The fraction of sp³-hybridized carbons (Fsp3) is 0.300. The minimum absolute atomic E-state index is 0.0599. The molecular weight excluding hydrogens is 368 g/mol. The van der Waals surface area contributed by atoms with Crippen LogP contribution in [-0.4, -0.2) is 27.5 Å². The SMILES string of the molecule is CC1(C)S[C@H]2c3ccccc3C(=O)N2[C@@H]1C(=O)NCc1ccc(Cl)cc1. The molecule has 0 spiro atoms. The van der Waals surface area contributed by atoms with E-state index in [4.69, 9.17) is 11.6 Å². The Morgan fingerprint density at radius 3 is 2.62 bits per heavy atom. The minimum atomic E-state index is -0.510. The van der Waals surface area contributed by atoms with Crippen molar-refractivity contribution in [1.82, 2.24) is 10.2 Å². The van der Waals surface area contributed by atoms with E-state index in [2.05, 4.69) is 5.32 Å². The van der Waals surface area contributed by atoms with Gasteiger partial charge in [0.25, 0.3) is 5.91 Å². The molecule has 2 aliphatic rings. The van der Waals surface area contributed by atoms with Crippen LogP contribution in [0, 0.1) is 0 Å². The summed E-state index contributed by atoms with van der Waals surface area (Å²) in [6.07, 6.45) is 0. The Balaban J connectivity index is 1.56. The second-order valence-corrected chi connectivity index (χ2v) is 9.29. The van der Waals surface area contributed by atoms with E-state index in [-0.39, 0.29) is 21.9 Å². The molecule has 0 bridgehead atoms. The quantitative estimate of drug-likeness (QED) is 0.867. The zero-order valence-electron chi connectivity index (χ0n) is 14.5. The average Bonchev–Trinajstić information content (AvgIpc) is 3.04. The van der Waals surface area contributed by atoms with Gasteiger partial charge in [-0.25, -0.2) is 0 Å². The number of benzene rings is 2. The van der Waals surface area contributed by atoms with E-state index in [9.17, 15) is 9.59 Å². The molecule has 1 fully saturated rings. The van der Waals surface area contributed by atoms with Gasteiger partial charge in [0, 0.05) is 21.9 Å². The van der Waals surface area contributed by atoms with Crippen molar-refractivity contribution in [2.75, 3.05) is 0 Å². The Kier molecular flexibility index (Phi) is 4.24. The van der Waals surface area contributed by atoms with Gasteiger partial charge in [-0.2, -0.15) is 0 Å². The van der Waals surface area contributed by atoms with E-state index < -0.39 is 6.04 Å². The second kappa shape index (κ2) is 6.32. The summed E-state index contributed by atoms with van der Waals surface area (Å²) in [5.74, 6) is -0.184. The van der Waals surface area contributed by atoms with Crippen molar-refractivity contribution in [3.63, 3.8) is 0 Å². The molecule has 0 aromatic heterocycles. The molecule has 0 aliphatic carbocycles. The molecule has 2 aromatic carbocycles. The number of carbonyl (C=O) groups is 2. The molecule has 1 saturated heterocycles. The van der Waals surface area contributed by atoms with Crippen LogP contribution in [0.2, 0.25) is 5.02 Å². The topological polar surface area (TPSA) is 49.4 Å². The average molecular weight is 387 g/mol. The number of hydrogen-bond donors (Lipinski definition) is 1. The maximum atomic E-state index is 13.0. The van der Waals surface area contributed by atoms with Gasteiger partial charge in [-0.3, -0.25) is 9.59 Å². The van der Waals surface area contributed by atoms with Gasteiger partial charge in [0.2, 0.25) is 5.91 Å². The highest BCUT2D eigenvalue weighted by atomic mass is 35.5. The first-order valence-corrected chi connectivity index (χ1v) is 9.76. The van der Waals surface area contributed by atoms with Gasteiger partial charge in [0.15, 0.2) is 0 Å². The van der Waals surface area contributed by atoms with E-state index in [1.807, 2.05) is 50.2 Å². The number of nitrogens with one attached hydrogen (secondary N) is 1. The summed E-state index contributed by atoms with van der Waals surface area (Å²) in [5.41, 5.74) is 2.68. The Hall–Kier alpha value is -1.98. The number of thioether (sulfide) groups is 1. The predicted molar refractivity (Wildman–Crippen MR) is 104 cm³/mol. The van der Waals surface area contributed by atoms with Gasteiger partial charge < -0.3 is 10.2 Å². The molecule has 2 aliphatic heterocycles. The summed E-state index contributed by atoms with van der Waals surface area (Å²) in [7, 11) is 0. The van der Waals surface area contributed by atoms with E-state index in [1.54, 1.807) is 28.8 Å². The first kappa shape index (κ1) is 17.4. The Morgan fingerprint density at radius 2 is 1.88 bits per heavy atom. The van der Waals surface area contributed by atoms with Crippen LogP contribution in [0.25, 0.3) is 0 Å². The zero-order valence-corrected chi connectivity index (χ0v) is 16.1. The summed E-state index contributed by atoms with van der Waals surface area (Å²) < 4.78 is -0.363. The van der Waals surface area contributed by atoms with Gasteiger partial charge in [-0.15, -0.1) is 11.8 Å². The molecule has 134 valence electrons. The third kappa shape index (κ3) is 2.79. The Bertz CT molecular complexity index is 882. The van der Waals surface area contributed by atoms with Crippen LogP contribution in [0.1, 0.15) is 40.7 Å². The maximum absolute atomic E-state index is 13.0. The van der Waals surface area contributed by atoms with Crippen LogP contribution < -0.4 is 5.32 Å². The fourth-order valence-electron chi connectivity index (χ4n) is 3.69. The summed E-state index contributed by atoms with van der Waals surface area (Å²) in [4.78, 5) is 27.6. The highest BCUT2D eigenvalue weighted by molar-refractivity contribution is 8.01. The molecule has 2 aromatic rings. The van der Waals surface area contributed by atoms with Gasteiger partial charge in [-0.1, -0.05) is 41.9 Å². The summed E-state index contributed by atoms with van der Waals surface area (Å²) in [6.45, 7) is 4.46. The lowest BCUT2D eigenvalue weighted by atomic mass is 10.0. The third-order valence-electron chi connectivity index (χ3n) is 4.92. The number of fused-ring (bicyclic) bond motifs is 3. The molecule has 0 unspecified atom stereocenters. The van der Waals surface area contributed by atoms with Gasteiger partial charge >= 0.3 is 0 Å². The van der Waals surface area contributed by atoms with Crippen LogP contribution in [0.3, 0.4) is 0 Å². The lowest BCUT2D eigenvalue weighted by molar-refractivity contribution is -0.126. The van der Waals surface area contributed by atoms with Crippen molar-refractivity contribution < 1.29 is 9.59 Å². The lowest BCUT2D eigenvalue weighted by Crippen LogP contribution is -2.52. The largest absolute Gasteiger partial charge is 0.350 e. The number of rotatable bonds is 3. The van der Waals surface area contributed by atoms with Gasteiger partial charge in [0.05, 0.1) is 0 Å². The number of carbonyl (C=O) groups excluding carboxylic acids is 2. The monoisotopic (exact) mass is 386 g/mol. The molecule has 26 heavy (non-hydrogen) atoms.